The number of hydrogen-bond acceptors (Lipinski definition) is 6. The highest BCUT2D eigenvalue weighted by molar-refractivity contribution is 7.23. The lowest BCUT2D eigenvalue weighted by atomic mass is 10.3. The molecular weight excluding hydrogens is 316 g/mol. The van der Waals surface area contributed by atoms with E-state index in [2.05, 4.69) is 4.98 Å². The van der Waals surface area contributed by atoms with Crippen molar-refractivity contribution in [2.45, 2.75) is 20.3 Å². The molecule has 23 heavy (non-hydrogen) atoms. The number of hydrogen-bond donors (Lipinski definition) is 0. The molecule has 0 aliphatic carbocycles. The van der Waals surface area contributed by atoms with E-state index in [4.69, 9.17) is 9.47 Å². The first-order valence-electron chi connectivity index (χ1n) is 7.40. The van der Waals surface area contributed by atoms with Gasteiger partial charge in [-0.15, -0.1) is 0 Å². The Morgan fingerprint density at radius 1 is 1.35 bits per heavy atom. The zero-order valence-electron chi connectivity index (χ0n) is 12.9. The normalized spacial score (nSPS) is 11.0. The summed E-state index contributed by atoms with van der Waals surface area (Å²) in [5, 5.41) is 0. The highest BCUT2D eigenvalue weighted by Crippen LogP contribution is 2.28. The second-order valence-electron chi connectivity index (χ2n) is 4.90. The molecule has 0 atom stereocenters. The van der Waals surface area contributed by atoms with Crippen LogP contribution in [0.2, 0.25) is 0 Å². The van der Waals surface area contributed by atoms with E-state index in [1.807, 2.05) is 25.1 Å². The first-order valence-corrected chi connectivity index (χ1v) is 8.21. The third kappa shape index (κ3) is 2.79. The number of thiazole rings is 1. The maximum Gasteiger partial charge on any atom is 0.345 e. The molecule has 0 unspecified atom stereocenters. The molecule has 2 aromatic heterocycles. The Balaban J connectivity index is 2.15. The predicted octanol–water partition coefficient (Wildman–Crippen LogP) is 2.87. The zero-order valence-corrected chi connectivity index (χ0v) is 13.7. The number of carbonyl (C=O) groups excluding carboxylic acids is 1. The smallest absolute Gasteiger partial charge is 0.345 e. The summed E-state index contributed by atoms with van der Waals surface area (Å²) in [7, 11) is 0. The van der Waals surface area contributed by atoms with Crippen LogP contribution in [0.5, 0.6) is 5.75 Å². The van der Waals surface area contributed by atoms with Crippen LogP contribution in [0.1, 0.15) is 30.6 Å². The molecule has 0 spiro atoms. The van der Waals surface area contributed by atoms with Crippen LogP contribution in [0.15, 0.2) is 29.2 Å². The van der Waals surface area contributed by atoms with Crippen LogP contribution in [0.25, 0.3) is 15.2 Å². The van der Waals surface area contributed by atoms with Gasteiger partial charge in [-0.25, -0.2) is 9.78 Å². The van der Waals surface area contributed by atoms with Gasteiger partial charge < -0.3 is 9.47 Å². The molecule has 1 aromatic carbocycles. The van der Waals surface area contributed by atoms with Crippen molar-refractivity contribution < 1.29 is 14.3 Å². The Labute approximate surface area is 136 Å². The van der Waals surface area contributed by atoms with Crippen LogP contribution < -0.4 is 10.3 Å². The quantitative estimate of drug-likeness (QED) is 0.672. The fraction of sp³-hybridized carbons (Fsp3) is 0.312. The molecular formula is C16H16N2O4S. The molecule has 0 aliphatic heterocycles. The molecule has 0 saturated carbocycles. The summed E-state index contributed by atoms with van der Waals surface area (Å²) in [5.74, 6) is 0.103. The number of ether oxygens (including phenoxy) is 2. The molecule has 3 aromatic rings. The summed E-state index contributed by atoms with van der Waals surface area (Å²) >= 11 is 1.38. The van der Waals surface area contributed by atoms with Crippen molar-refractivity contribution in [3.05, 3.63) is 40.3 Å². The van der Waals surface area contributed by atoms with Gasteiger partial charge >= 0.3 is 5.97 Å². The van der Waals surface area contributed by atoms with E-state index in [-0.39, 0.29) is 12.2 Å². The van der Waals surface area contributed by atoms with Crippen LogP contribution >= 0.6 is 11.3 Å². The summed E-state index contributed by atoms with van der Waals surface area (Å²) in [4.78, 5) is 29.2. The summed E-state index contributed by atoms with van der Waals surface area (Å²) < 4.78 is 12.8. The lowest BCUT2D eigenvalue weighted by molar-refractivity contribution is 0.0523. The molecule has 120 valence electrons. The van der Waals surface area contributed by atoms with Gasteiger partial charge in [0.25, 0.3) is 5.56 Å². The van der Waals surface area contributed by atoms with Crippen molar-refractivity contribution in [1.82, 2.24) is 9.38 Å². The molecule has 6 nitrogen and oxygen atoms in total. The van der Waals surface area contributed by atoms with Crippen molar-refractivity contribution in [3.63, 3.8) is 0 Å². The minimum Gasteiger partial charge on any atom is -0.494 e. The van der Waals surface area contributed by atoms with E-state index in [9.17, 15) is 9.59 Å². The molecule has 0 N–H and O–H groups in total. The van der Waals surface area contributed by atoms with Gasteiger partial charge in [-0.05, 0) is 31.5 Å². The van der Waals surface area contributed by atoms with Crippen LogP contribution in [-0.4, -0.2) is 28.6 Å². The zero-order chi connectivity index (χ0) is 16.4. The van der Waals surface area contributed by atoms with Crippen molar-refractivity contribution in [2.24, 2.45) is 0 Å². The molecule has 7 heteroatoms. The summed E-state index contributed by atoms with van der Waals surface area (Å²) in [6, 6.07) is 5.50. The van der Waals surface area contributed by atoms with Crippen LogP contribution in [0.4, 0.5) is 0 Å². The molecule has 0 radical (unpaired) electrons. The van der Waals surface area contributed by atoms with Crippen molar-refractivity contribution in [1.29, 1.82) is 0 Å². The Hall–Kier alpha value is -2.41. The number of fused-ring (bicyclic) bond motifs is 3. The van der Waals surface area contributed by atoms with Gasteiger partial charge in [0, 0.05) is 0 Å². The number of nitrogens with zero attached hydrogens (tertiary/aromatic N) is 2. The molecule has 0 amide bonds. The minimum atomic E-state index is -0.651. The van der Waals surface area contributed by atoms with Gasteiger partial charge in [0.05, 0.1) is 29.6 Å². The van der Waals surface area contributed by atoms with Crippen molar-refractivity contribution >= 4 is 32.5 Å². The average Bonchev–Trinajstić information content (AvgIpc) is 2.91. The van der Waals surface area contributed by atoms with E-state index in [1.165, 1.54) is 21.9 Å². The highest BCUT2D eigenvalue weighted by atomic mass is 32.1. The topological polar surface area (TPSA) is 69.9 Å². The maximum atomic E-state index is 12.6. The molecule has 3 rings (SSSR count). The number of benzene rings is 1. The number of esters is 1. The lowest BCUT2D eigenvalue weighted by Crippen LogP contribution is -2.23. The second kappa shape index (κ2) is 6.37. The van der Waals surface area contributed by atoms with E-state index in [0.29, 0.717) is 17.1 Å². The SMILES string of the molecule is CCCOc1ccc2c(c1)sc1ncc(C(=O)OCC)c(=O)n12. The Morgan fingerprint density at radius 2 is 2.17 bits per heavy atom. The Bertz CT molecular complexity index is 929. The monoisotopic (exact) mass is 332 g/mol. The Morgan fingerprint density at radius 3 is 2.91 bits per heavy atom. The van der Waals surface area contributed by atoms with E-state index in [1.54, 1.807) is 6.92 Å². The van der Waals surface area contributed by atoms with Gasteiger partial charge in [-0.1, -0.05) is 18.3 Å². The van der Waals surface area contributed by atoms with Gasteiger partial charge in [-0.2, -0.15) is 0 Å². The number of rotatable bonds is 5. The lowest BCUT2D eigenvalue weighted by Gasteiger charge is -2.04. The van der Waals surface area contributed by atoms with Crippen molar-refractivity contribution in [2.75, 3.05) is 13.2 Å². The average molecular weight is 332 g/mol. The third-order valence-electron chi connectivity index (χ3n) is 3.27. The van der Waals surface area contributed by atoms with Crippen LogP contribution in [-0.2, 0) is 4.74 Å². The molecule has 2 heterocycles. The highest BCUT2D eigenvalue weighted by Gasteiger charge is 2.17. The van der Waals surface area contributed by atoms with Crippen LogP contribution in [0.3, 0.4) is 0 Å². The fourth-order valence-corrected chi connectivity index (χ4v) is 3.26. The maximum absolute atomic E-state index is 12.6. The number of carbonyl (C=O) groups is 1. The largest absolute Gasteiger partial charge is 0.494 e. The predicted molar refractivity (Wildman–Crippen MR) is 88.6 cm³/mol. The molecule has 0 fully saturated rings. The Kier molecular flexibility index (Phi) is 4.29. The molecule has 0 bridgehead atoms. The number of aromatic nitrogens is 2. The van der Waals surface area contributed by atoms with Crippen molar-refractivity contribution in [3.8, 4) is 5.75 Å². The minimum absolute atomic E-state index is 0.0599. The van der Waals surface area contributed by atoms with Gasteiger partial charge in [-0.3, -0.25) is 9.20 Å². The van der Waals surface area contributed by atoms with E-state index in [0.717, 1.165) is 16.9 Å². The standard InChI is InChI=1S/C16H16N2O4S/c1-3-7-22-10-5-6-12-13(8-10)23-16-17-9-11(14(19)18(12)16)15(20)21-4-2/h5-6,8-9H,3-4,7H2,1-2H3. The summed E-state index contributed by atoms with van der Waals surface area (Å²) in [6.07, 6.45) is 2.20. The van der Waals surface area contributed by atoms with Crippen LogP contribution in [0, 0.1) is 0 Å². The first kappa shape index (κ1) is 15.5. The second-order valence-corrected chi connectivity index (χ2v) is 5.90. The summed E-state index contributed by atoms with van der Waals surface area (Å²) in [6.45, 7) is 4.59. The summed E-state index contributed by atoms with van der Waals surface area (Å²) in [5.41, 5.74) is 0.231. The van der Waals surface area contributed by atoms with E-state index >= 15 is 0 Å². The first-order chi connectivity index (χ1) is 11.2. The fourth-order valence-electron chi connectivity index (χ4n) is 2.24. The molecule has 0 aliphatic rings. The third-order valence-corrected chi connectivity index (χ3v) is 4.29. The van der Waals surface area contributed by atoms with E-state index < -0.39 is 11.5 Å². The van der Waals surface area contributed by atoms with Gasteiger partial charge in [0.1, 0.15) is 11.3 Å². The van der Waals surface area contributed by atoms with Gasteiger partial charge in [0.15, 0.2) is 4.96 Å². The van der Waals surface area contributed by atoms with Gasteiger partial charge in [0.2, 0.25) is 0 Å². The molecule has 0 saturated heterocycles.